The number of carbonyl (C=O) groups is 1. The molecule has 6 heteroatoms. The summed E-state index contributed by atoms with van der Waals surface area (Å²) < 4.78 is 1.91. The van der Waals surface area contributed by atoms with Gasteiger partial charge in [-0.3, -0.25) is 9.36 Å². The van der Waals surface area contributed by atoms with Crippen LogP contribution in [-0.4, -0.2) is 26.4 Å². The lowest BCUT2D eigenvalue weighted by Gasteiger charge is -2.10. The largest absolute Gasteiger partial charge is 0.325 e. The first-order valence-corrected chi connectivity index (χ1v) is 9.98. The van der Waals surface area contributed by atoms with Gasteiger partial charge >= 0.3 is 0 Å². The molecule has 0 unspecified atom stereocenters. The maximum absolute atomic E-state index is 12.5. The summed E-state index contributed by atoms with van der Waals surface area (Å²) in [7, 11) is 0. The Morgan fingerprint density at radius 1 is 1.04 bits per heavy atom. The Morgan fingerprint density at radius 2 is 1.86 bits per heavy atom. The Balaban J connectivity index is 1.47. The first-order valence-electron chi connectivity index (χ1n) is 9.00. The first kappa shape index (κ1) is 18.3. The molecule has 0 aliphatic rings. The minimum Gasteiger partial charge on any atom is -0.325 e. The molecule has 1 N–H and O–H groups in total. The Bertz CT molecular complexity index is 1150. The highest BCUT2D eigenvalue weighted by Crippen LogP contribution is 2.24. The molecule has 1 amide bonds. The van der Waals surface area contributed by atoms with E-state index < -0.39 is 0 Å². The van der Waals surface area contributed by atoms with E-state index in [0.29, 0.717) is 5.16 Å². The molecule has 140 valence electrons. The number of nitrogens with zero attached hydrogens (tertiary/aromatic N) is 3. The highest BCUT2D eigenvalue weighted by atomic mass is 32.2. The lowest BCUT2D eigenvalue weighted by Crippen LogP contribution is -2.14. The maximum atomic E-state index is 12.5. The van der Waals surface area contributed by atoms with E-state index in [2.05, 4.69) is 41.5 Å². The van der Waals surface area contributed by atoms with Crippen LogP contribution in [0.4, 0.5) is 5.69 Å². The summed E-state index contributed by atoms with van der Waals surface area (Å²) in [5, 5.41) is 14.0. The van der Waals surface area contributed by atoms with Crippen molar-refractivity contribution in [2.24, 2.45) is 0 Å². The van der Waals surface area contributed by atoms with Crippen molar-refractivity contribution in [2.75, 3.05) is 11.1 Å². The topological polar surface area (TPSA) is 59.8 Å². The normalized spacial score (nSPS) is 10.9. The van der Waals surface area contributed by atoms with Gasteiger partial charge in [-0.25, -0.2) is 0 Å². The number of carbonyl (C=O) groups excluding carboxylic acids is 1. The minimum atomic E-state index is -0.0732. The molecule has 28 heavy (non-hydrogen) atoms. The third-order valence-corrected chi connectivity index (χ3v) is 5.62. The van der Waals surface area contributed by atoms with E-state index in [-0.39, 0.29) is 11.7 Å². The molecule has 0 bridgehead atoms. The predicted octanol–water partition coefficient (Wildman–Crippen LogP) is 4.77. The van der Waals surface area contributed by atoms with Gasteiger partial charge in [0.05, 0.1) is 5.75 Å². The molecule has 1 aromatic heterocycles. The zero-order chi connectivity index (χ0) is 19.5. The van der Waals surface area contributed by atoms with Crippen LogP contribution < -0.4 is 5.32 Å². The van der Waals surface area contributed by atoms with Crippen LogP contribution in [-0.2, 0) is 4.79 Å². The zero-order valence-corrected chi connectivity index (χ0v) is 16.5. The number of amides is 1. The van der Waals surface area contributed by atoms with Gasteiger partial charge in [0.15, 0.2) is 5.16 Å². The average Bonchev–Trinajstić information content (AvgIpc) is 3.17. The lowest BCUT2D eigenvalue weighted by atomic mass is 10.1. The fourth-order valence-electron chi connectivity index (χ4n) is 3.03. The number of aromatic nitrogens is 3. The van der Waals surface area contributed by atoms with Crippen LogP contribution in [0.25, 0.3) is 16.5 Å². The van der Waals surface area contributed by atoms with Gasteiger partial charge < -0.3 is 5.32 Å². The second kappa shape index (κ2) is 7.86. The summed E-state index contributed by atoms with van der Waals surface area (Å²) in [6.45, 7) is 4.16. The number of hydrogen-bond donors (Lipinski definition) is 1. The minimum absolute atomic E-state index is 0.0732. The van der Waals surface area contributed by atoms with Gasteiger partial charge in [-0.1, -0.05) is 54.2 Å². The standard InChI is InChI=1S/C22H20N4OS/c1-15-10-11-18(12-16(15)2)26-14-23-25-22(26)28-13-21(27)24-20-9-5-7-17-6-3-4-8-19(17)20/h3-12,14H,13H2,1-2H3,(H,24,27). The van der Waals surface area contributed by atoms with Gasteiger partial charge in [0.25, 0.3) is 0 Å². The number of rotatable bonds is 5. The molecule has 0 atom stereocenters. The van der Waals surface area contributed by atoms with Gasteiger partial charge in [0.1, 0.15) is 6.33 Å². The molecule has 0 saturated carbocycles. The smallest absolute Gasteiger partial charge is 0.234 e. The number of thioether (sulfide) groups is 1. The molecule has 0 aliphatic carbocycles. The van der Waals surface area contributed by atoms with Crippen molar-refractivity contribution in [3.63, 3.8) is 0 Å². The maximum Gasteiger partial charge on any atom is 0.234 e. The predicted molar refractivity (Wildman–Crippen MR) is 114 cm³/mol. The van der Waals surface area contributed by atoms with Crippen LogP contribution in [0.5, 0.6) is 0 Å². The number of benzene rings is 3. The Kier molecular flexibility index (Phi) is 5.12. The average molecular weight is 388 g/mol. The van der Waals surface area contributed by atoms with Crippen molar-refractivity contribution in [3.8, 4) is 5.69 Å². The van der Waals surface area contributed by atoms with Crippen LogP contribution in [0.15, 0.2) is 72.1 Å². The molecule has 4 rings (SSSR count). The van der Waals surface area contributed by atoms with Crippen molar-refractivity contribution in [3.05, 3.63) is 78.1 Å². The second-order valence-corrected chi connectivity index (χ2v) is 7.56. The molecular formula is C22H20N4OS. The van der Waals surface area contributed by atoms with Crippen LogP contribution in [0.1, 0.15) is 11.1 Å². The van der Waals surface area contributed by atoms with Gasteiger partial charge in [0.2, 0.25) is 5.91 Å². The molecule has 3 aromatic carbocycles. The van der Waals surface area contributed by atoms with Crippen LogP contribution in [0, 0.1) is 13.8 Å². The van der Waals surface area contributed by atoms with Gasteiger partial charge in [0, 0.05) is 16.8 Å². The Hall–Kier alpha value is -3.12. The van der Waals surface area contributed by atoms with Crippen LogP contribution in [0.2, 0.25) is 0 Å². The summed E-state index contributed by atoms with van der Waals surface area (Å²) >= 11 is 1.37. The highest BCUT2D eigenvalue weighted by Gasteiger charge is 2.12. The monoisotopic (exact) mass is 388 g/mol. The summed E-state index contributed by atoms with van der Waals surface area (Å²) in [5.74, 6) is 0.184. The SMILES string of the molecule is Cc1ccc(-n2cnnc2SCC(=O)Nc2cccc3ccccc23)cc1C. The third kappa shape index (κ3) is 3.77. The molecular weight excluding hydrogens is 368 g/mol. The van der Waals surface area contributed by atoms with E-state index >= 15 is 0 Å². The molecule has 4 aromatic rings. The van der Waals surface area contributed by atoms with Crippen LogP contribution >= 0.6 is 11.8 Å². The highest BCUT2D eigenvalue weighted by molar-refractivity contribution is 7.99. The summed E-state index contributed by atoms with van der Waals surface area (Å²) in [6, 6.07) is 20.1. The van der Waals surface area contributed by atoms with E-state index in [1.807, 2.05) is 53.1 Å². The molecule has 0 radical (unpaired) electrons. The third-order valence-electron chi connectivity index (χ3n) is 4.68. The summed E-state index contributed by atoms with van der Waals surface area (Å²) in [6.07, 6.45) is 1.68. The fraction of sp³-hybridized carbons (Fsp3) is 0.136. The number of hydrogen-bond acceptors (Lipinski definition) is 4. The van der Waals surface area contributed by atoms with Gasteiger partial charge in [-0.2, -0.15) is 0 Å². The van der Waals surface area contributed by atoms with E-state index in [1.54, 1.807) is 6.33 Å². The van der Waals surface area contributed by atoms with Gasteiger partial charge in [-0.05, 0) is 48.6 Å². The Labute approximate surface area is 167 Å². The molecule has 0 fully saturated rings. The van der Waals surface area contributed by atoms with Crippen molar-refractivity contribution in [1.29, 1.82) is 0 Å². The molecule has 1 heterocycles. The molecule has 0 spiro atoms. The van der Waals surface area contributed by atoms with Crippen molar-refractivity contribution in [1.82, 2.24) is 14.8 Å². The summed E-state index contributed by atoms with van der Waals surface area (Å²) in [5.41, 5.74) is 4.25. The lowest BCUT2D eigenvalue weighted by molar-refractivity contribution is -0.113. The fourth-order valence-corrected chi connectivity index (χ4v) is 3.76. The van der Waals surface area contributed by atoms with E-state index in [9.17, 15) is 4.79 Å². The van der Waals surface area contributed by atoms with Crippen molar-refractivity contribution >= 4 is 34.1 Å². The van der Waals surface area contributed by atoms with E-state index in [1.165, 1.54) is 22.9 Å². The second-order valence-electron chi connectivity index (χ2n) is 6.62. The van der Waals surface area contributed by atoms with Crippen molar-refractivity contribution in [2.45, 2.75) is 19.0 Å². The van der Waals surface area contributed by atoms with E-state index in [0.717, 1.165) is 22.1 Å². The number of anilines is 1. The molecule has 0 aliphatic heterocycles. The van der Waals surface area contributed by atoms with Crippen molar-refractivity contribution < 1.29 is 4.79 Å². The number of fused-ring (bicyclic) bond motifs is 1. The van der Waals surface area contributed by atoms with Gasteiger partial charge in [-0.15, -0.1) is 10.2 Å². The first-order chi connectivity index (χ1) is 13.6. The summed E-state index contributed by atoms with van der Waals surface area (Å²) in [4.78, 5) is 12.5. The van der Waals surface area contributed by atoms with Crippen LogP contribution in [0.3, 0.4) is 0 Å². The van der Waals surface area contributed by atoms with E-state index in [4.69, 9.17) is 0 Å². The zero-order valence-electron chi connectivity index (χ0n) is 15.7. The molecule has 5 nitrogen and oxygen atoms in total. The Morgan fingerprint density at radius 3 is 2.71 bits per heavy atom. The molecule has 0 saturated heterocycles. The number of nitrogens with one attached hydrogen (secondary N) is 1. The quantitative estimate of drug-likeness (QED) is 0.501. The number of aryl methyl sites for hydroxylation is 2.